The van der Waals surface area contributed by atoms with Crippen LogP contribution in [0.1, 0.15) is 25.7 Å². The molecular weight excluding hydrogens is 198 g/mol. The van der Waals surface area contributed by atoms with Gasteiger partial charge in [0, 0.05) is 12.1 Å². The van der Waals surface area contributed by atoms with Crippen molar-refractivity contribution in [2.75, 3.05) is 6.61 Å². The lowest BCUT2D eigenvalue weighted by atomic mass is 10.1. The Hall–Kier alpha value is -1.12. The van der Waals surface area contributed by atoms with Gasteiger partial charge >= 0.3 is 0 Å². The molecule has 0 aliphatic heterocycles. The minimum atomic E-state index is -0.673. The van der Waals surface area contributed by atoms with Gasteiger partial charge in [-0.05, 0) is 24.8 Å². The molecule has 1 nitrogen and oxygen atoms in total. The number of hydrogen-bond donors (Lipinski definition) is 0. The van der Waals surface area contributed by atoms with Gasteiger partial charge in [0.15, 0.2) is 11.6 Å². The summed E-state index contributed by atoms with van der Waals surface area (Å²) in [5, 5.41) is 0. The summed E-state index contributed by atoms with van der Waals surface area (Å²) in [6, 6.07) is 4.37. The van der Waals surface area contributed by atoms with E-state index < -0.39 is 11.6 Å². The molecule has 1 aliphatic carbocycles. The highest BCUT2D eigenvalue weighted by molar-refractivity contribution is 5.23. The van der Waals surface area contributed by atoms with Gasteiger partial charge in [-0.25, -0.2) is 8.78 Å². The monoisotopic (exact) mass is 211 g/mol. The molecule has 0 bridgehead atoms. The van der Waals surface area contributed by atoms with E-state index in [1.165, 1.54) is 12.8 Å². The van der Waals surface area contributed by atoms with Gasteiger partial charge in [-0.1, -0.05) is 12.8 Å². The Labute approximate surface area is 88.1 Å². The van der Waals surface area contributed by atoms with Crippen LogP contribution < -0.4 is 4.74 Å². The van der Waals surface area contributed by atoms with Crippen molar-refractivity contribution in [3.05, 3.63) is 29.8 Å². The Bertz CT molecular complexity index is 332. The van der Waals surface area contributed by atoms with Crippen LogP contribution in [0.4, 0.5) is 8.78 Å². The quantitative estimate of drug-likeness (QED) is 0.745. The van der Waals surface area contributed by atoms with Gasteiger partial charge in [-0.3, -0.25) is 0 Å². The van der Waals surface area contributed by atoms with Gasteiger partial charge in [-0.15, -0.1) is 0 Å². The fourth-order valence-electron chi connectivity index (χ4n) is 1.92. The van der Waals surface area contributed by atoms with Crippen LogP contribution >= 0.6 is 0 Å². The number of rotatable bonds is 3. The fourth-order valence-corrected chi connectivity index (χ4v) is 1.92. The molecule has 81 valence electrons. The summed E-state index contributed by atoms with van der Waals surface area (Å²) in [5.74, 6) is -0.750. The predicted molar refractivity (Wildman–Crippen MR) is 52.6 cm³/mol. The maximum atomic E-state index is 13.1. The molecule has 0 heterocycles. The largest absolute Gasteiger partial charge is 0.490 e. The third-order valence-corrected chi connectivity index (χ3v) is 2.76. The van der Waals surface area contributed by atoms with Crippen molar-refractivity contribution in [1.29, 1.82) is 0 Å². The Morgan fingerprint density at radius 3 is 2.73 bits per heavy atom. The van der Waals surface area contributed by atoms with Crippen molar-refractivity contribution in [3.8, 4) is 5.75 Å². The summed E-state index contributed by atoms with van der Waals surface area (Å²) in [7, 11) is 0. The first-order valence-electron chi connectivity index (χ1n) is 5.25. The Morgan fingerprint density at radius 1 is 1.33 bits per heavy atom. The van der Waals surface area contributed by atoms with Gasteiger partial charge in [0.1, 0.15) is 5.82 Å². The Morgan fingerprint density at radius 2 is 2.07 bits per heavy atom. The van der Waals surface area contributed by atoms with E-state index in [-0.39, 0.29) is 5.75 Å². The molecule has 0 amide bonds. The zero-order chi connectivity index (χ0) is 10.7. The van der Waals surface area contributed by atoms with Gasteiger partial charge in [0.05, 0.1) is 6.61 Å². The number of halogens is 2. The van der Waals surface area contributed by atoms with E-state index in [4.69, 9.17) is 4.74 Å². The van der Waals surface area contributed by atoms with Crippen LogP contribution in [0.25, 0.3) is 0 Å². The van der Waals surface area contributed by atoms with Gasteiger partial charge in [0.2, 0.25) is 0 Å². The zero-order valence-corrected chi connectivity index (χ0v) is 8.43. The Balaban J connectivity index is 1.92. The standard InChI is InChI=1S/C12H13F2O/c13-10-5-6-12(11(14)7-10)15-8-9-3-1-2-4-9/h5,7,9H,1-4,8H2. The average molecular weight is 211 g/mol. The molecule has 1 fully saturated rings. The molecule has 0 atom stereocenters. The summed E-state index contributed by atoms with van der Waals surface area (Å²) in [4.78, 5) is 0. The van der Waals surface area contributed by atoms with Crippen molar-refractivity contribution >= 4 is 0 Å². The highest BCUT2D eigenvalue weighted by Crippen LogP contribution is 2.26. The minimum Gasteiger partial charge on any atom is -0.490 e. The van der Waals surface area contributed by atoms with E-state index in [1.807, 2.05) is 0 Å². The molecule has 0 spiro atoms. The first-order valence-corrected chi connectivity index (χ1v) is 5.25. The van der Waals surface area contributed by atoms with Crippen molar-refractivity contribution in [2.24, 2.45) is 5.92 Å². The number of benzene rings is 1. The summed E-state index contributed by atoms with van der Waals surface area (Å²) in [6.45, 7) is 0.513. The van der Waals surface area contributed by atoms with E-state index in [1.54, 1.807) is 0 Å². The second-order valence-electron chi connectivity index (χ2n) is 3.96. The van der Waals surface area contributed by atoms with Crippen LogP contribution in [0.5, 0.6) is 5.75 Å². The van der Waals surface area contributed by atoms with Crippen LogP contribution in [-0.4, -0.2) is 6.61 Å². The predicted octanol–water partition coefficient (Wildman–Crippen LogP) is 3.33. The maximum Gasteiger partial charge on any atom is 0.168 e. The average Bonchev–Trinajstić information content (AvgIpc) is 2.69. The number of ether oxygens (including phenoxy) is 1. The van der Waals surface area contributed by atoms with Gasteiger partial charge < -0.3 is 4.74 Å². The van der Waals surface area contributed by atoms with E-state index >= 15 is 0 Å². The maximum absolute atomic E-state index is 13.1. The van der Waals surface area contributed by atoms with Gasteiger partial charge in [0.25, 0.3) is 0 Å². The van der Waals surface area contributed by atoms with E-state index in [0.717, 1.165) is 25.0 Å². The third kappa shape index (κ3) is 2.67. The van der Waals surface area contributed by atoms with Crippen LogP contribution in [0.15, 0.2) is 12.1 Å². The van der Waals surface area contributed by atoms with Gasteiger partial charge in [-0.2, -0.15) is 0 Å². The summed E-state index contributed by atoms with van der Waals surface area (Å²) in [5.41, 5.74) is 0. The lowest BCUT2D eigenvalue weighted by Crippen LogP contribution is -2.09. The summed E-state index contributed by atoms with van der Waals surface area (Å²) < 4.78 is 31.0. The molecule has 1 aromatic carbocycles. The third-order valence-electron chi connectivity index (χ3n) is 2.76. The van der Waals surface area contributed by atoms with E-state index in [2.05, 4.69) is 6.07 Å². The summed E-state index contributed by atoms with van der Waals surface area (Å²) in [6.07, 6.45) is 4.74. The lowest BCUT2D eigenvalue weighted by molar-refractivity contribution is 0.241. The molecule has 2 rings (SSSR count). The molecule has 0 unspecified atom stereocenters. The first-order chi connectivity index (χ1) is 7.25. The normalized spacial score (nSPS) is 16.9. The SMILES string of the molecule is Fc1c[c]c(OCC2CCCC2)c(F)c1. The van der Waals surface area contributed by atoms with E-state index in [9.17, 15) is 8.78 Å². The van der Waals surface area contributed by atoms with Crippen LogP contribution in [-0.2, 0) is 0 Å². The topological polar surface area (TPSA) is 9.23 Å². The van der Waals surface area contributed by atoms with E-state index in [0.29, 0.717) is 12.5 Å². The van der Waals surface area contributed by atoms with Crippen molar-refractivity contribution < 1.29 is 13.5 Å². The first kappa shape index (κ1) is 10.4. The molecule has 0 N–H and O–H groups in total. The molecule has 0 saturated heterocycles. The molecular formula is C12H13F2O. The lowest BCUT2D eigenvalue weighted by Gasteiger charge is -2.11. The van der Waals surface area contributed by atoms with Crippen molar-refractivity contribution in [3.63, 3.8) is 0 Å². The van der Waals surface area contributed by atoms with Crippen LogP contribution in [0, 0.1) is 23.6 Å². The van der Waals surface area contributed by atoms with Crippen molar-refractivity contribution in [2.45, 2.75) is 25.7 Å². The summed E-state index contributed by atoms with van der Waals surface area (Å²) >= 11 is 0. The molecule has 0 aromatic heterocycles. The molecule has 15 heavy (non-hydrogen) atoms. The Kier molecular flexibility index (Phi) is 3.19. The zero-order valence-electron chi connectivity index (χ0n) is 8.43. The second kappa shape index (κ2) is 4.60. The molecule has 1 aliphatic rings. The second-order valence-corrected chi connectivity index (χ2v) is 3.96. The molecule has 1 aromatic rings. The van der Waals surface area contributed by atoms with Crippen LogP contribution in [0.2, 0.25) is 0 Å². The van der Waals surface area contributed by atoms with Crippen LogP contribution in [0.3, 0.4) is 0 Å². The van der Waals surface area contributed by atoms with Crippen molar-refractivity contribution in [1.82, 2.24) is 0 Å². The highest BCUT2D eigenvalue weighted by Gasteiger charge is 2.16. The fraction of sp³-hybridized carbons (Fsp3) is 0.500. The number of hydrogen-bond acceptors (Lipinski definition) is 1. The molecule has 3 heteroatoms. The highest BCUT2D eigenvalue weighted by atomic mass is 19.1. The molecule has 1 radical (unpaired) electrons. The smallest absolute Gasteiger partial charge is 0.168 e. The molecule has 1 saturated carbocycles. The minimum absolute atomic E-state index is 0.0308.